The smallest absolute Gasteiger partial charge is 0.270 e. The molecule has 0 fully saturated rings. The molecule has 7 heteroatoms. The molecule has 2 amide bonds. The normalized spacial score (nSPS) is 12.6. The van der Waals surface area contributed by atoms with Gasteiger partial charge in [-0.25, -0.2) is 0 Å². The van der Waals surface area contributed by atoms with Crippen molar-refractivity contribution in [3.63, 3.8) is 0 Å². The van der Waals surface area contributed by atoms with Gasteiger partial charge in [0.15, 0.2) is 0 Å². The van der Waals surface area contributed by atoms with Crippen LogP contribution in [0.5, 0.6) is 0 Å². The van der Waals surface area contributed by atoms with E-state index in [-0.39, 0.29) is 29.7 Å². The Bertz CT molecular complexity index is 634. The second kappa shape index (κ2) is 7.95. The van der Waals surface area contributed by atoms with Crippen molar-refractivity contribution in [1.82, 2.24) is 20.4 Å². The van der Waals surface area contributed by atoms with Crippen LogP contribution in [0.1, 0.15) is 57.2 Å². The highest BCUT2D eigenvalue weighted by molar-refractivity contribution is 5.96. The van der Waals surface area contributed by atoms with Crippen LogP contribution in [-0.2, 0) is 17.3 Å². The molecule has 0 radical (unpaired) electrons. The van der Waals surface area contributed by atoms with Crippen molar-refractivity contribution >= 4 is 11.8 Å². The molecule has 0 saturated heterocycles. The Morgan fingerprint density at radius 2 is 2.00 bits per heavy atom. The molecule has 2 N–H and O–H groups in total. The summed E-state index contributed by atoms with van der Waals surface area (Å²) in [6, 6.07) is 2.93. The van der Waals surface area contributed by atoms with Crippen LogP contribution in [0.2, 0.25) is 0 Å². The van der Waals surface area contributed by atoms with Gasteiger partial charge in [0.05, 0.1) is 11.8 Å². The van der Waals surface area contributed by atoms with Crippen molar-refractivity contribution in [2.45, 2.75) is 52.5 Å². The van der Waals surface area contributed by atoms with Crippen LogP contribution >= 0.6 is 0 Å². The highest BCUT2D eigenvalue weighted by Gasteiger charge is 2.26. The van der Waals surface area contributed by atoms with Gasteiger partial charge >= 0.3 is 0 Å². The summed E-state index contributed by atoms with van der Waals surface area (Å²) in [6.45, 7) is 9.93. The zero-order valence-electron chi connectivity index (χ0n) is 15.3. The molecule has 0 aliphatic heterocycles. The van der Waals surface area contributed by atoms with Gasteiger partial charge in [0.2, 0.25) is 5.91 Å². The van der Waals surface area contributed by atoms with Crippen LogP contribution in [0.25, 0.3) is 0 Å². The first-order valence-electron chi connectivity index (χ1n) is 8.06. The van der Waals surface area contributed by atoms with E-state index in [2.05, 4.69) is 15.7 Å². The minimum Gasteiger partial charge on any atom is -0.341 e. The Morgan fingerprint density at radius 3 is 2.46 bits per heavy atom. The summed E-state index contributed by atoms with van der Waals surface area (Å²) >= 11 is 0. The monoisotopic (exact) mass is 333 g/mol. The van der Waals surface area contributed by atoms with E-state index in [0.717, 1.165) is 5.69 Å². The quantitative estimate of drug-likeness (QED) is 0.771. The number of nitrogens with zero attached hydrogens (tertiary/aromatic N) is 3. The molecule has 1 aromatic heterocycles. The molecule has 1 rings (SSSR count). The van der Waals surface area contributed by atoms with E-state index in [1.165, 1.54) is 4.68 Å². The molecule has 0 aliphatic rings. The molecule has 24 heavy (non-hydrogen) atoms. The number of carbonyl (C=O) groups is 2. The minimum absolute atomic E-state index is 0.0802. The maximum absolute atomic E-state index is 12.6. The zero-order chi connectivity index (χ0) is 18.5. The number of aryl methyl sites for hydroxylation is 1. The topological polar surface area (TPSA) is 99.8 Å². The van der Waals surface area contributed by atoms with Gasteiger partial charge in [-0.3, -0.25) is 14.3 Å². The van der Waals surface area contributed by atoms with Crippen LogP contribution in [0, 0.1) is 17.2 Å². The molecule has 0 spiro atoms. The molecule has 0 unspecified atom stereocenters. The van der Waals surface area contributed by atoms with Gasteiger partial charge in [-0.15, -0.1) is 0 Å². The summed E-state index contributed by atoms with van der Waals surface area (Å²) in [7, 11) is 1.71. The molecule has 1 atom stereocenters. The van der Waals surface area contributed by atoms with Crippen LogP contribution < -0.4 is 10.6 Å². The molecule has 0 bridgehead atoms. The SMILES string of the molecule is CC(C)C[C@H](NC(=O)c1cc(C(C)(C)C)nn1C)C(=O)NCC#N. The van der Waals surface area contributed by atoms with Gasteiger partial charge in [0.1, 0.15) is 18.3 Å². The first-order chi connectivity index (χ1) is 11.1. The Morgan fingerprint density at radius 1 is 1.38 bits per heavy atom. The van der Waals surface area contributed by atoms with Gasteiger partial charge in [0, 0.05) is 12.5 Å². The fraction of sp³-hybridized carbons (Fsp3) is 0.647. The summed E-state index contributed by atoms with van der Waals surface area (Å²) < 4.78 is 1.52. The number of rotatable bonds is 6. The molecular weight excluding hydrogens is 306 g/mol. The zero-order valence-corrected chi connectivity index (χ0v) is 15.3. The van der Waals surface area contributed by atoms with Crippen molar-refractivity contribution in [1.29, 1.82) is 5.26 Å². The summed E-state index contributed by atoms with van der Waals surface area (Å²) in [5, 5.41) is 18.2. The largest absolute Gasteiger partial charge is 0.341 e. The van der Waals surface area contributed by atoms with E-state index in [9.17, 15) is 9.59 Å². The number of aromatic nitrogens is 2. The molecule has 132 valence electrons. The Balaban J connectivity index is 2.94. The van der Waals surface area contributed by atoms with Crippen LogP contribution in [0.3, 0.4) is 0 Å². The number of amides is 2. The Hall–Kier alpha value is -2.36. The van der Waals surface area contributed by atoms with E-state index >= 15 is 0 Å². The molecule has 0 aromatic carbocycles. The van der Waals surface area contributed by atoms with E-state index in [0.29, 0.717) is 12.1 Å². The first kappa shape index (κ1) is 19.7. The number of hydrogen-bond acceptors (Lipinski definition) is 4. The number of nitriles is 1. The molecule has 0 saturated carbocycles. The first-order valence-corrected chi connectivity index (χ1v) is 8.06. The summed E-state index contributed by atoms with van der Waals surface area (Å²) in [6.07, 6.45) is 0.493. The van der Waals surface area contributed by atoms with Crippen molar-refractivity contribution in [3.8, 4) is 6.07 Å². The third-order valence-corrected chi connectivity index (χ3v) is 3.55. The number of nitrogens with one attached hydrogen (secondary N) is 2. The average Bonchev–Trinajstić information content (AvgIpc) is 2.85. The second-order valence-electron chi connectivity index (χ2n) is 7.32. The van der Waals surface area contributed by atoms with E-state index < -0.39 is 6.04 Å². The predicted octanol–water partition coefficient (Wildman–Crippen LogP) is 1.50. The lowest BCUT2D eigenvalue weighted by Crippen LogP contribution is -2.47. The van der Waals surface area contributed by atoms with Gasteiger partial charge in [0.25, 0.3) is 5.91 Å². The maximum Gasteiger partial charge on any atom is 0.270 e. The van der Waals surface area contributed by atoms with Crippen molar-refractivity contribution in [3.05, 3.63) is 17.5 Å². The molecular formula is C17H27N5O2. The summed E-state index contributed by atoms with van der Waals surface area (Å²) in [5.74, 6) is -0.477. The lowest BCUT2D eigenvalue weighted by atomic mass is 9.92. The summed E-state index contributed by atoms with van der Waals surface area (Å²) in [4.78, 5) is 24.7. The Kier molecular flexibility index (Phi) is 6.52. The standard InChI is InChI=1S/C17H27N5O2/c1-11(2)9-12(15(23)19-8-7-18)20-16(24)13-10-14(17(3,4)5)21-22(13)6/h10-12H,8-9H2,1-6H3,(H,19,23)(H,20,24)/t12-/m0/s1. The average molecular weight is 333 g/mol. The van der Waals surface area contributed by atoms with E-state index in [1.54, 1.807) is 13.1 Å². The van der Waals surface area contributed by atoms with Gasteiger partial charge < -0.3 is 10.6 Å². The van der Waals surface area contributed by atoms with Gasteiger partial charge in [-0.05, 0) is 18.4 Å². The van der Waals surface area contributed by atoms with E-state index in [1.807, 2.05) is 40.7 Å². The van der Waals surface area contributed by atoms with Crippen molar-refractivity contribution in [2.24, 2.45) is 13.0 Å². The molecule has 0 aliphatic carbocycles. The third kappa shape index (κ3) is 5.37. The minimum atomic E-state index is -0.682. The lowest BCUT2D eigenvalue weighted by Gasteiger charge is -2.19. The van der Waals surface area contributed by atoms with E-state index in [4.69, 9.17) is 5.26 Å². The highest BCUT2D eigenvalue weighted by Crippen LogP contribution is 2.21. The van der Waals surface area contributed by atoms with Crippen LogP contribution in [0.4, 0.5) is 0 Å². The second-order valence-corrected chi connectivity index (χ2v) is 7.32. The predicted molar refractivity (Wildman–Crippen MR) is 91.2 cm³/mol. The third-order valence-electron chi connectivity index (χ3n) is 3.55. The fourth-order valence-corrected chi connectivity index (χ4v) is 2.23. The Labute approximate surface area is 143 Å². The van der Waals surface area contributed by atoms with Gasteiger partial charge in [-0.1, -0.05) is 34.6 Å². The lowest BCUT2D eigenvalue weighted by molar-refractivity contribution is -0.123. The van der Waals surface area contributed by atoms with Crippen LogP contribution in [-0.4, -0.2) is 34.2 Å². The van der Waals surface area contributed by atoms with Crippen molar-refractivity contribution < 1.29 is 9.59 Å². The van der Waals surface area contributed by atoms with Crippen molar-refractivity contribution in [2.75, 3.05) is 6.54 Å². The molecule has 1 aromatic rings. The fourth-order valence-electron chi connectivity index (χ4n) is 2.23. The number of carbonyl (C=O) groups excluding carboxylic acids is 2. The number of hydrogen-bond donors (Lipinski definition) is 2. The summed E-state index contributed by atoms with van der Waals surface area (Å²) in [5.41, 5.74) is 1.05. The maximum atomic E-state index is 12.6. The van der Waals surface area contributed by atoms with Crippen LogP contribution in [0.15, 0.2) is 6.07 Å². The molecule has 7 nitrogen and oxygen atoms in total. The molecule has 1 heterocycles. The highest BCUT2D eigenvalue weighted by atomic mass is 16.2. The van der Waals surface area contributed by atoms with Gasteiger partial charge in [-0.2, -0.15) is 10.4 Å².